The molecule has 1 aromatic carbocycles. The van der Waals surface area contributed by atoms with Gasteiger partial charge in [-0.1, -0.05) is 24.8 Å². The zero-order valence-corrected chi connectivity index (χ0v) is 8.81. The summed E-state index contributed by atoms with van der Waals surface area (Å²) in [5, 5.41) is 0. The molecule has 0 bridgehead atoms. The van der Waals surface area contributed by atoms with Crippen molar-refractivity contribution in [3.05, 3.63) is 66.6 Å². The number of ether oxygens (including phenoxy) is 1. The molecule has 0 radical (unpaired) electrons. The summed E-state index contributed by atoms with van der Waals surface area (Å²) >= 11 is 0. The average molecular weight is 201 g/mol. The van der Waals surface area contributed by atoms with E-state index in [9.17, 15) is 0 Å². The second kappa shape index (κ2) is 5.70. The molecule has 0 aliphatic carbocycles. The van der Waals surface area contributed by atoms with E-state index in [0.29, 0.717) is 5.76 Å². The highest BCUT2D eigenvalue weighted by Gasteiger charge is 1.93. The van der Waals surface area contributed by atoms with E-state index in [-0.39, 0.29) is 0 Å². The lowest BCUT2D eigenvalue weighted by molar-refractivity contribution is 0.445. The fourth-order valence-corrected chi connectivity index (χ4v) is 0.982. The molecular weight excluding hydrogens is 186 g/mol. The molecule has 78 valence electrons. The van der Waals surface area contributed by atoms with Crippen LogP contribution in [0, 0.1) is 0 Å². The standard InChI is InChI=1S/C13H15NO/c1-3-12(10-9-11(2)14)15-13-7-5-4-6-8-13/h3-10H,1,14H2,2H3/b11-9+,12-10+. The summed E-state index contributed by atoms with van der Waals surface area (Å²) in [7, 11) is 0. The molecule has 2 nitrogen and oxygen atoms in total. The van der Waals surface area contributed by atoms with Crippen LogP contribution in [-0.2, 0) is 0 Å². The van der Waals surface area contributed by atoms with E-state index in [1.807, 2.05) is 37.3 Å². The number of benzene rings is 1. The lowest BCUT2D eigenvalue weighted by Crippen LogP contribution is -1.93. The Morgan fingerprint density at radius 1 is 1.27 bits per heavy atom. The van der Waals surface area contributed by atoms with Crippen LogP contribution in [0.5, 0.6) is 5.75 Å². The van der Waals surface area contributed by atoms with Crippen molar-refractivity contribution in [3.63, 3.8) is 0 Å². The van der Waals surface area contributed by atoms with E-state index in [1.165, 1.54) is 0 Å². The fourth-order valence-electron chi connectivity index (χ4n) is 0.982. The Morgan fingerprint density at radius 2 is 1.93 bits per heavy atom. The molecule has 0 fully saturated rings. The molecule has 1 rings (SSSR count). The normalized spacial score (nSPS) is 12.3. The predicted octanol–water partition coefficient (Wildman–Crippen LogP) is 3.00. The first kappa shape index (κ1) is 11.1. The van der Waals surface area contributed by atoms with Crippen LogP contribution in [0.25, 0.3) is 0 Å². The van der Waals surface area contributed by atoms with E-state index < -0.39 is 0 Å². The number of nitrogens with two attached hydrogens (primary N) is 1. The molecule has 0 unspecified atom stereocenters. The molecule has 2 heteroatoms. The molecule has 0 heterocycles. The average Bonchev–Trinajstić information content (AvgIpc) is 2.25. The Bertz CT molecular complexity index is 373. The molecule has 0 saturated carbocycles. The second-order valence-electron chi connectivity index (χ2n) is 3.10. The highest BCUT2D eigenvalue weighted by molar-refractivity contribution is 5.27. The minimum absolute atomic E-state index is 0.672. The van der Waals surface area contributed by atoms with Gasteiger partial charge in [0.1, 0.15) is 11.5 Å². The van der Waals surface area contributed by atoms with Crippen LogP contribution in [-0.4, -0.2) is 0 Å². The van der Waals surface area contributed by atoms with Gasteiger partial charge in [0.05, 0.1) is 0 Å². The predicted molar refractivity (Wildman–Crippen MR) is 63.3 cm³/mol. The second-order valence-corrected chi connectivity index (χ2v) is 3.10. The Morgan fingerprint density at radius 3 is 2.47 bits per heavy atom. The van der Waals surface area contributed by atoms with Crippen LogP contribution in [0.15, 0.2) is 66.6 Å². The maximum absolute atomic E-state index is 5.56. The number of allylic oxidation sites excluding steroid dienone is 4. The highest BCUT2D eigenvalue weighted by atomic mass is 16.5. The van der Waals surface area contributed by atoms with Crippen molar-refractivity contribution in [1.82, 2.24) is 0 Å². The lowest BCUT2D eigenvalue weighted by atomic mass is 10.3. The highest BCUT2D eigenvalue weighted by Crippen LogP contribution is 2.13. The maximum Gasteiger partial charge on any atom is 0.127 e. The largest absolute Gasteiger partial charge is 0.457 e. The van der Waals surface area contributed by atoms with Gasteiger partial charge in [-0.2, -0.15) is 0 Å². The van der Waals surface area contributed by atoms with Crippen LogP contribution in [0.1, 0.15) is 6.92 Å². The molecule has 2 N–H and O–H groups in total. The van der Waals surface area contributed by atoms with E-state index in [0.717, 1.165) is 11.4 Å². The quantitative estimate of drug-likeness (QED) is 0.600. The molecule has 1 aromatic rings. The Kier molecular flexibility index (Phi) is 4.23. The van der Waals surface area contributed by atoms with Crippen molar-refractivity contribution in [3.8, 4) is 5.75 Å². The van der Waals surface area contributed by atoms with Crippen molar-refractivity contribution in [1.29, 1.82) is 0 Å². The van der Waals surface area contributed by atoms with Gasteiger partial charge in [-0.25, -0.2) is 0 Å². The van der Waals surface area contributed by atoms with Gasteiger partial charge in [0.25, 0.3) is 0 Å². The molecule has 0 aliphatic rings. The van der Waals surface area contributed by atoms with Gasteiger partial charge in [-0.3, -0.25) is 0 Å². The zero-order chi connectivity index (χ0) is 11.1. The number of hydrogen-bond donors (Lipinski definition) is 1. The molecule has 0 spiro atoms. The molecular formula is C13H15NO. The van der Waals surface area contributed by atoms with E-state index in [4.69, 9.17) is 10.5 Å². The number of rotatable bonds is 4. The van der Waals surface area contributed by atoms with Crippen molar-refractivity contribution in [2.75, 3.05) is 0 Å². The smallest absolute Gasteiger partial charge is 0.127 e. The molecule has 0 atom stereocenters. The SMILES string of the molecule is C=C/C(=C\C=C(/C)N)Oc1ccccc1. The van der Waals surface area contributed by atoms with Gasteiger partial charge < -0.3 is 10.5 Å². The third-order valence-corrected chi connectivity index (χ3v) is 1.69. The molecule has 0 amide bonds. The van der Waals surface area contributed by atoms with Crippen LogP contribution in [0.3, 0.4) is 0 Å². The van der Waals surface area contributed by atoms with Gasteiger partial charge in [0.15, 0.2) is 0 Å². The van der Waals surface area contributed by atoms with Crippen molar-refractivity contribution in [2.45, 2.75) is 6.92 Å². The molecule has 0 saturated heterocycles. The van der Waals surface area contributed by atoms with E-state index in [1.54, 1.807) is 18.2 Å². The summed E-state index contributed by atoms with van der Waals surface area (Å²) in [6.07, 6.45) is 5.21. The first-order valence-corrected chi connectivity index (χ1v) is 4.72. The van der Waals surface area contributed by atoms with Crippen molar-refractivity contribution >= 4 is 0 Å². The number of hydrogen-bond acceptors (Lipinski definition) is 2. The molecule has 0 aliphatic heterocycles. The topological polar surface area (TPSA) is 35.2 Å². The van der Waals surface area contributed by atoms with Gasteiger partial charge in [0.2, 0.25) is 0 Å². The molecule has 0 aromatic heterocycles. The summed E-state index contributed by atoms with van der Waals surface area (Å²) in [5.74, 6) is 1.46. The summed E-state index contributed by atoms with van der Waals surface area (Å²) in [5.41, 5.74) is 6.24. The third-order valence-electron chi connectivity index (χ3n) is 1.69. The maximum atomic E-state index is 5.56. The van der Waals surface area contributed by atoms with Crippen LogP contribution < -0.4 is 10.5 Å². The van der Waals surface area contributed by atoms with Gasteiger partial charge >= 0.3 is 0 Å². The number of para-hydroxylation sites is 1. The van der Waals surface area contributed by atoms with Gasteiger partial charge in [-0.05, 0) is 37.3 Å². The summed E-state index contributed by atoms with van der Waals surface area (Å²) in [4.78, 5) is 0. The Labute approximate surface area is 90.4 Å². The Balaban J connectivity index is 2.75. The summed E-state index contributed by atoms with van der Waals surface area (Å²) < 4.78 is 5.56. The molecule has 15 heavy (non-hydrogen) atoms. The lowest BCUT2D eigenvalue weighted by Gasteiger charge is -2.04. The van der Waals surface area contributed by atoms with E-state index in [2.05, 4.69) is 6.58 Å². The van der Waals surface area contributed by atoms with E-state index >= 15 is 0 Å². The monoisotopic (exact) mass is 201 g/mol. The van der Waals surface area contributed by atoms with Crippen molar-refractivity contribution < 1.29 is 4.74 Å². The minimum Gasteiger partial charge on any atom is -0.457 e. The van der Waals surface area contributed by atoms with Crippen LogP contribution >= 0.6 is 0 Å². The summed E-state index contributed by atoms with van der Waals surface area (Å²) in [6, 6.07) is 9.54. The van der Waals surface area contributed by atoms with Crippen LogP contribution in [0.4, 0.5) is 0 Å². The fraction of sp³-hybridized carbons (Fsp3) is 0.0769. The Hall–Kier alpha value is -1.96. The van der Waals surface area contributed by atoms with Crippen molar-refractivity contribution in [2.24, 2.45) is 5.73 Å². The van der Waals surface area contributed by atoms with Crippen LogP contribution in [0.2, 0.25) is 0 Å². The van der Waals surface area contributed by atoms with Gasteiger partial charge in [0, 0.05) is 5.70 Å². The summed E-state index contributed by atoms with van der Waals surface area (Å²) in [6.45, 7) is 5.49. The minimum atomic E-state index is 0.672. The van der Waals surface area contributed by atoms with Gasteiger partial charge in [-0.15, -0.1) is 0 Å². The zero-order valence-electron chi connectivity index (χ0n) is 8.81. The first-order valence-electron chi connectivity index (χ1n) is 4.72. The first-order chi connectivity index (χ1) is 7.22. The third kappa shape index (κ3) is 4.18.